The first-order valence-corrected chi connectivity index (χ1v) is 8.90. The maximum atomic E-state index is 12.7. The van der Waals surface area contributed by atoms with E-state index in [0.29, 0.717) is 23.9 Å². The summed E-state index contributed by atoms with van der Waals surface area (Å²) in [6, 6.07) is 8.98. The van der Waals surface area contributed by atoms with Gasteiger partial charge in [0, 0.05) is 17.5 Å². The topological polar surface area (TPSA) is 63.2 Å². The van der Waals surface area contributed by atoms with Crippen LogP contribution in [0.25, 0.3) is 0 Å². The van der Waals surface area contributed by atoms with Crippen LogP contribution in [-0.4, -0.2) is 32.9 Å². The van der Waals surface area contributed by atoms with E-state index in [1.165, 1.54) is 14.2 Å². The molecule has 27 heavy (non-hydrogen) atoms. The molecule has 144 valence electrons. The van der Waals surface area contributed by atoms with Gasteiger partial charge in [0.2, 0.25) is 0 Å². The van der Waals surface area contributed by atoms with Gasteiger partial charge in [0.1, 0.15) is 41.3 Å². The molecule has 3 rings (SSSR count). The van der Waals surface area contributed by atoms with Crippen LogP contribution in [0.1, 0.15) is 35.3 Å². The van der Waals surface area contributed by atoms with Gasteiger partial charge >= 0.3 is 5.97 Å². The Morgan fingerprint density at radius 2 is 1.85 bits per heavy atom. The normalized spacial score (nSPS) is 14.9. The minimum atomic E-state index is -0.526. The standard InChI is InChI=1S/C21H24O6/c1-5-25-18-10-14-9-13(2)27-19(14)11-15(18)12-26-21(22)20-16(23-3)7-6-8-17(20)24-4/h6-8,10-11,13H,5,9,12H2,1-4H3. The summed E-state index contributed by atoms with van der Waals surface area (Å²) >= 11 is 0. The number of hydrogen-bond acceptors (Lipinski definition) is 6. The molecule has 2 aromatic rings. The lowest BCUT2D eigenvalue weighted by Crippen LogP contribution is -2.10. The van der Waals surface area contributed by atoms with Crippen LogP contribution in [0.3, 0.4) is 0 Å². The Morgan fingerprint density at radius 1 is 1.15 bits per heavy atom. The molecule has 1 aliphatic rings. The predicted octanol–water partition coefficient (Wildman–Crippen LogP) is 3.78. The summed E-state index contributed by atoms with van der Waals surface area (Å²) in [4.78, 5) is 12.7. The van der Waals surface area contributed by atoms with Gasteiger partial charge in [-0.2, -0.15) is 0 Å². The van der Waals surface area contributed by atoms with Crippen LogP contribution in [0.2, 0.25) is 0 Å². The van der Waals surface area contributed by atoms with Crippen LogP contribution in [0.5, 0.6) is 23.0 Å². The highest BCUT2D eigenvalue weighted by Crippen LogP contribution is 2.36. The number of benzene rings is 2. The van der Waals surface area contributed by atoms with Gasteiger partial charge in [-0.05, 0) is 38.1 Å². The molecule has 6 nitrogen and oxygen atoms in total. The average molecular weight is 372 g/mol. The van der Waals surface area contributed by atoms with E-state index in [0.717, 1.165) is 23.3 Å². The van der Waals surface area contributed by atoms with Gasteiger partial charge in [0.05, 0.1) is 20.8 Å². The van der Waals surface area contributed by atoms with Gasteiger partial charge in [-0.15, -0.1) is 0 Å². The molecule has 1 atom stereocenters. The number of rotatable bonds is 7. The lowest BCUT2D eigenvalue weighted by atomic mass is 10.1. The van der Waals surface area contributed by atoms with E-state index in [1.54, 1.807) is 18.2 Å². The van der Waals surface area contributed by atoms with Gasteiger partial charge in [-0.25, -0.2) is 4.79 Å². The maximum Gasteiger partial charge on any atom is 0.346 e. The van der Waals surface area contributed by atoms with Crippen molar-refractivity contribution in [1.82, 2.24) is 0 Å². The molecule has 0 N–H and O–H groups in total. The molecule has 6 heteroatoms. The van der Waals surface area contributed by atoms with E-state index >= 15 is 0 Å². The second kappa shape index (κ2) is 8.20. The summed E-state index contributed by atoms with van der Waals surface area (Å²) in [5.41, 5.74) is 2.12. The van der Waals surface area contributed by atoms with Crippen molar-refractivity contribution in [3.63, 3.8) is 0 Å². The quantitative estimate of drug-likeness (QED) is 0.689. The molecule has 0 amide bonds. The highest BCUT2D eigenvalue weighted by atomic mass is 16.5. The summed E-state index contributed by atoms with van der Waals surface area (Å²) in [7, 11) is 3.00. The fraction of sp³-hybridized carbons (Fsp3) is 0.381. The van der Waals surface area contributed by atoms with Gasteiger partial charge in [0.25, 0.3) is 0 Å². The number of methoxy groups -OCH3 is 2. The molecular formula is C21H24O6. The molecule has 0 saturated carbocycles. The van der Waals surface area contributed by atoms with Crippen LogP contribution in [0.15, 0.2) is 30.3 Å². The second-order valence-electron chi connectivity index (χ2n) is 6.25. The van der Waals surface area contributed by atoms with Gasteiger partial charge in [-0.3, -0.25) is 0 Å². The zero-order valence-electron chi connectivity index (χ0n) is 16.0. The Morgan fingerprint density at radius 3 is 2.48 bits per heavy atom. The first kappa shape index (κ1) is 18.9. The highest BCUT2D eigenvalue weighted by molar-refractivity contribution is 5.95. The zero-order valence-corrected chi connectivity index (χ0v) is 16.0. The fourth-order valence-corrected chi connectivity index (χ4v) is 3.15. The number of esters is 1. The Kier molecular flexibility index (Phi) is 5.74. The van der Waals surface area contributed by atoms with Crippen LogP contribution < -0.4 is 18.9 Å². The molecule has 0 aromatic heterocycles. The number of carbonyl (C=O) groups is 1. The van der Waals surface area contributed by atoms with Crippen LogP contribution in [0, 0.1) is 0 Å². The van der Waals surface area contributed by atoms with Crippen molar-refractivity contribution in [2.75, 3.05) is 20.8 Å². The molecule has 0 bridgehead atoms. The Hall–Kier alpha value is -2.89. The molecule has 1 unspecified atom stereocenters. The first-order valence-electron chi connectivity index (χ1n) is 8.90. The molecule has 0 saturated heterocycles. The third-order valence-corrected chi connectivity index (χ3v) is 4.37. The average Bonchev–Trinajstić information content (AvgIpc) is 3.04. The van der Waals surface area contributed by atoms with E-state index in [1.807, 2.05) is 26.0 Å². The van der Waals surface area contributed by atoms with Crippen molar-refractivity contribution in [2.24, 2.45) is 0 Å². The van der Waals surface area contributed by atoms with Crippen LogP contribution in [-0.2, 0) is 17.8 Å². The minimum Gasteiger partial charge on any atom is -0.496 e. The Labute approximate surface area is 158 Å². The van der Waals surface area contributed by atoms with E-state index in [9.17, 15) is 4.79 Å². The molecule has 0 fully saturated rings. The van der Waals surface area contributed by atoms with E-state index in [-0.39, 0.29) is 18.3 Å². The lowest BCUT2D eigenvalue weighted by molar-refractivity contribution is 0.0461. The summed E-state index contributed by atoms with van der Waals surface area (Å²) in [6.07, 6.45) is 0.971. The third-order valence-electron chi connectivity index (χ3n) is 4.37. The SMILES string of the molecule is CCOc1cc2c(cc1COC(=O)c1c(OC)cccc1OC)OC(C)C2. The minimum absolute atomic E-state index is 0.0559. The van der Waals surface area contributed by atoms with Crippen molar-refractivity contribution < 1.29 is 28.5 Å². The fourth-order valence-electron chi connectivity index (χ4n) is 3.15. The van der Waals surface area contributed by atoms with E-state index in [4.69, 9.17) is 23.7 Å². The van der Waals surface area contributed by atoms with Gasteiger partial charge < -0.3 is 23.7 Å². The van der Waals surface area contributed by atoms with Crippen molar-refractivity contribution in [1.29, 1.82) is 0 Å². The van der Waals surface area contributed by atoms with Gasteiger partial charge in [0.15, 0.2) is 0 Å². The maximum absolute atomic E-state index is 12.7. The Bertz CT molecular complexity index is 807. The number of carbonyl (C=O) groups excluding carboxylic acids is 1. The number of fused-ring (bicyclic) bond motifs is 1. The summed E-state index contributed by atoms with van der Waals surface area (Å²) in [6.45, 7) is 4.52. The second-order valence-corrected chi connectivity index (χ2v) is 6.25. The number of ether oxygens (including phenoxy) is 5. The highest BCUT2D eigenvalue weighted by Gasteiger charge is 2.24. The van der Waals surface area contributed by atoms with Crippen molar-refractivity contribution >= 4 is 5.97 Å². The molecule has 1 aliphatic heterocycles. The summed E-state index contributed by atoms with van der Waals surface area (Å²) in [5, 5.41) is 0. The van der Waals surface area contributed by atoms with Crippen molar-refractivity contribution in [3.8, 4) is 23.0 Å². The van der Waals surface area contributed by atoms with Gasteiger partial charge in [-0.1, -0.05) is 6.07 Å². The summed E-state index contributed by atoms with van der Waals surface area (Å²) in [5.74, 6) is 1.79. The lowest BCUT2D eigenvalue weighted by Gasteiger charge is -2.15. The smallest absolute Gasteiger partial charge is 0.346 e. The molecular weight excluding hydrogens is 348 g/mol. The Balaban J connectivity index is 1.83. The molecule has 0 aliphatic carbocycles. The van der Waals surface area contributed by atoms with E-state index < -0.39 is 5.97 Å². The molecule has 0 radical (unpaired) electrons. The van der Waals surface area contributed by atoms with E-state index in [2.05, 4.69) is 0 Å². The summed E-state index contributed by atoms with van der Waals surface area (Å²) < 4.78 is 27.6. The predicted molar refractivity (Wildman–Crippen MR) is 100 cm³/mol. The monoisotopic (exact) mass is 372 g/mol. The van der Waals surface area contributed by atoms with Crippen molar-refractivity contribution in [3.05, 3.63) is 47.0 Å². The first-order chi connectivity index (χ1) is 13.1. The van der Waals surface area contributed by atoms with Crippen LogP contribution in [0.4, 0.5) is 0 Å². The largest absolute Gasteiger partial charge is 0.496 e. The van der Waals surface area contributed by atoms with Crippen molar-refractivity contribution in [2.45, 2.75) is 33.0 Å². The molecule has 2 aromatic carbocycles. The molecule has 0 spiro atoms. The molecule has 1 heterocycles. The number of hydrogen-bond donors (Lipinski definition) is 0. The zero-order chi connectivity index (χ0) is 19.4. The van der Waals surface area contributed by atoms with Crippen LogP contribution >= 0.6 is 0 Å². The third kappa shape index (κ3) is 3.94.